The van der Waals surface area contributed by atoms with Crippen molar-refractivity contribution in [3.63, 3.8) is 0 Å². The molecule has 2 saturated carbocycles. The van der Waals surface area contributed by atoms with Crippen LogP contribution < -0.4 is 11.2 Å². The summed E-state index contributed by atoms with van der Waals surface area (Å²) in [6, 6.07) is 3.01. The van der Waals surface area contributed by atoms with Gasteiger partial charge < -0.3 is 10.1 Å². The Bertz CT molecular complexity index is 1170. The molecule has 2 aliphatic carbocycles. The monoisotopic (exact) mass is 413 g/mol. The SMILES string of the molecule is CC.CC.O=C(O)c1ccc(-c2nc3c([nH]2)c(=O)n(C2CC2)c(=O)n3C2CC2)cn1. The molecular formula is C21H27N5O4. The van der Waals surface area contributed by atoms with E-state index in [9.17, 15) is 14.4 Å². The van der Waals surface area contributed by atoms with Crippen molar-refractivity contribution < 1.29 is 9.90 Å². The van der Waals surface area contributed by atoms with Crippen LogP contribution in [0.25, 0.3) is 22.6 Å². The van der Waals surface area contributed by atoms with Gasteiger partial charge in [-0.2, -0.15) is 0 Å². The number of aromatic nitrogens is 5. The maximum atomic E-state index is 12.8. The van der Waals surface area contributed by atoms with E-state index in [1.165, 1.54) is 16.8 Å². The number of hydrogen-bond donors (Lipinski definition) is 2. The largest absolute Gasteiger partial charge is 0.477 e. The number of pyridine rings is 1. The van der Waals surface area contributed by atoms with Crippen LogP contribution >= 0.6 is 0 Å². The van der Waals surface area contributed by atoms with Crippen LogP contribution in [0.3, 0.4) is 0 Å². The van der Waals surface area contributed by atoms with Crippen LogP contribution in [0.4, 0.5) is 0 Å². The van der Waals surface area contributed by atoms with Crippen LogP contribution in [0.2, 0.25) is 0 Å². The van der Waals surface area contributed by atoms with Crippen molar-refractivity contribution in [2.24, 2.45) is 0 Å². The van der Waals surface area contributed by atoms with E-state index < -0.39 is 5.97 Å². The van der Waals surface area contributed by atoms with Crippen LogP contribution in [0.5, 0.6) is 0 Å². The molecule has 0 bridgehead atoms. The third-order valence-electron chi connectivity index (χ3n) is 4.84. The number of fused-ring (bicyclic) bond motifs is 1. The second-order valence-electron chi connectivity index (χ2n) is 6.81. The third kappa shape index (κ3) is 3.79. The quantitative estimate of drug-likeness (QED) is 0.676. The molecule has 3 aromatic heterocycles. The maximum absolute atomic E-state index is 12.8. The summed E-state index contributed by atoms with van der Waals surface area (Å²) >= 11 is 0. The van der Waals surface area contributed by atoms with Gasteiger partial charge in [0.1, 0.15) is 17.0 Å². The predicted octanol–water partition coefficient (Wildman–Crippen LogP) is 3.37. The fraction of sp³-hybridized carbons (Fsp3) is 0.476. The van der Waals surface area contributed by atoms with Crippen molar-refractivity contribution >= 4 is 17.1 Å². The molecule has 0 radical (unpaired) electrons. The van der Waals surface area contributed by atoms with Crippen LogP contribution in [0.15, 0.2) is 27.9 Å². The number of aromatic carboxylic acids is 1. The molecular weight excluding hydrogens is 386 g/mol. The first kappa shape index (κ1) is 21.5. The van der Waals surface area contributed by atoms with Gasteiger partial charge in [0.2, 0.25) is 0 Å². The molecule has 3 heterocycles. The van der Waals surface area contributed by atoms with E-state index in [1.807, 2.05) is 27.7 Å². The Labute approximate surface area is 173 Å². The van der Waals surface area contributed by atoms with E-state index in [1.54, 1.807) is 10.6 Å². The fourth-order valence-corrected chi connectivity index (χ4v) is 3.22. The minimum absolute atomic E-state index is 0.0207. The molecule has 0 saturated heterocycles. The summed E-state index contributed by atoms with van der Waals surface area (Å²) in [7, 11) is 0. The van der Waals surface area contributed by atoms with Crippen LogP contribution in [0.1, 0.15) is 76.0 Å². The standard InChI is InChI=1S/C17H15N5O4.2C2H6/c23-15-12-14(21(9-2-3-9)17(26)22(15)10-4-5-10)20-13(19-12)8-1-6-11(16(24)25)18-7-8;2*1-2/h1,6-7,9-10H,2-5H2,(H,19,20)(H,24,25);2*1-2H3. The number of rotatable bonds is 4. The highest BCUT2D eigenvalue weighted by Crippen LogP contribution is 2.37. The maximum Gasteiger partial charge on any atom is 0.354 e. The number of carboxylic acids is 1. The van der Waals surface area contributed by atoms with Gasteiger partial charge in [0, 0.05) is 23.8 Å². The first-order valence-corrected chi connectivity index (χ1v) is 10.5. The lowest BCUT2D eigenvalue weighted by Gasteiger charge is -2.09. The molecule has 3 aromatic rings. The van der Waals surface area contributed by atoms with Gasteiger partial charge >= 0.3 is 11.7 Å². The number of nitrogens with zero attached hydrogens (tertiary/aromatic N) is 4. The fourth-order valence-electron chi connectivity index (χ4n) is 3.22. The van der Waals surface area contributed by atoms with Crippen molar-refractivity contribution in [2.75, 3.05) is 0 Å². The Hall–Kier alpha value is -3.23. The van der Waals surface area contributed by atoms with E-state index in [0.717, 1.165) is 25.7 Å². The number of nitrogens with one attached hydrogen (secondary N) is 1. The zero-order valence-corrected chi connectivity index (χ0v) is 17.7. The zero-order chi connectivity index (χ0) is 22.0. The first-order chi connectivity index (χ1) is 14.5. The van der Waals surface area contributed by atoms with Gasteiger partial charge in [-0.1, -0.05) is 27.7 Å². The van der Waals surface area contributed by atoms with Crippen molar-refractivity contribution in [1.29, 1.82) is 0 Å². The number of carbonyl (C=O) groups is 1. The molecule has 0 aromatic carbocycles. The van der Waals surface area contributed by atoms with Crippen LogP contribution in [-0.2, 0) is 0 Å². The number of imidazole rings is 1. The smallest absolute Gasteiger partial charge is 0.354 e. The van der Waals surface area contributed by atoms with Gasteiger partial charge in [-0.05, 0) is 37.8 Å². The third-order valence-corrected chi connectivity index (χ3v) is 4.84. The highest BCUT2D eigenvalue weighted by atomic mass is 16.4. The molecule has 9 heteroatoms. The Morgan fingerprint density at radius 1 is 1.03 bits per heavy atom. The minimum atomic E-state index is -1.11. The normalized spacial score (nSPS) is 15.1. The number of H-pyrrole nitrogens is 1. The Balaban J connectivity index is 0.000000606. The van der Waals surface area contributed by atoms with Gasteiger partial charge in [-0.25, -0.2) is 19.6 Å². The Morgan fingerprint density at radius 3 is 2.13 bits per heavy atom. The number of aromatic amines is 1. The lowest BCUT2D eigenvalue weighted by molar-refractivity contribution is 0.0690. The molecule has 0 aliphatic heterocycles. The van der Waals surface area contributed by atoms with Crippen molar-refractivity contribution in [2.45, 2.75) is 65.5 Å². The lowest BCUT2D eigenvalue weighted by Crippen LogP contribution is -2.39. The van der Waals surface area contributed by atoms with E-state index in [4.69, 9.17) is 5.11 Å². The lowest BCUT2D eigenvalue weighted by atomic mass is 10.2. The van der Waals surface area contributed by atoms with E-state index in [-0.39, 0.29) is 29.0 Å². The summed E-state index contributed by atoms with van der Waals surface area (Å²) in [4.78, 5) is 47.9. The van der Waals surface area contributed by atoms with Gasteiger partial charge in [0.25, 0.3) is 5.56 Å². The molecule has 0 spiro atoms. The molecule has 2 aliphatic rings. The molecule has 0 amide bonds. The number of carboxylic acid groups (broad SMARTS) is 1. The topological polar surface area (TPSA) is 123 Å². The summed E-state index contributed by atoms with van der Waals surface area (Å²) in [6.45, 7) is 8.00. The second-order valence-corrected chi connectivity index (χ2v) is 6.81. The predicted molar refractivity (Wildman–Crippen MR) is 114 cm³/mol. The highest BCUT2D eigenvalue weighted by molar-refractivity contribution is 5.85. The summed E-state index contributed by atoms with van der Waals surface area (Å²) in [5.41, 5.74) is 0.509. The molecule has 9 nitrogen and oxygen atoms in total. The molecule has 2 fully saturated rings. The molecule has 160 valence electrons. The average molecular weight is 413 g/mol. The number of hydrogen-bond acceptors (Lipinski definition) is 5. The minimum Gasteiger partial charge on any atom is -0.477 e. The molecule has 5 rings (SSSR count). The van der Waals surface area contributed by atoms with Gasteiger partial charge in [-0.15, -0.1) is 0 Å². The molecule has 0 atom stereocenters. The first-order valence-electron chi connectivity index (χ1n) is 10.5. The van der Waals surface area contributed by atoms with E-state index >= 15 is 0 Å². The summed E-state index contributed by atoms with van der Waals surface area (Å²) in [5, 5.41) is 8.95. The van der Waals surface area contributed by atoms with Crippen LogP contribution in [0, 0.1) is 0 Å². The summed E-state index contributed by atoms with van der Waals surface area (Å²) < 4.78 is 2.96. The second kappa shape index (κ2) is 8.64. The van der Waals surface area contributed by atoms with Crippen molar-refractivity contribution in [3.8, 4) is 11.4 Å². The average Bonchev–Trinajstić information content (AvgIpc) is 3.70. The van der Waals surface area contributed by atoms with Gasteiger partial charge in [0.05, 0.1) is 0 Å². The Morgan fingerprint density at radius 2 is 1.63 bits per heavy atom. The molecule has 2 N–H and O–H groups in total. The highest BCUT2D eigenvalue weighted by Gasteiger charge is 2.34. The Kier molecular flexibility index (Phi) is 6.19. The van der Waals surface area contributed by atoms with E-state index in [0.29, 0.717) is 22.6 Å². The molecule has 30 heavy (non-hydrogen) atoms. The summed E-state index contributed by atoms with van der Waals surface area (Å²) in [5.74, 6) is -0.722. The van der Waals surface area contributed by atoms with Crippen molar-refractivity contribution in [3.05, 3.63) is 44.9 Å². The van der Waals surface area contributed by atoms with Crippen molar-refractivity contribution in [1.82, 2.24) is 24.1 Å². The van der Waals surface area contributed by atoms with Gasteiger partial charge in [-0.3, -0.25) is 13.9 Å². The zero-order valence-electron chi connectivity index (χ0n) is 17.7. The van der Waals surface area contributed by atoms with E-state index in [2.05, 4.69) is 15.0 Å². The molecule has 0 unspecified atom stereocenters. The van der Waals surface area contributed by atoms with Crippen LogP contribution in [-0.4, -0.2) is 35.2 Å². The summed E-state index contributed by atoms with van der Waals surface area (Å²) in [6.07, 6.45) is 4.86. The van der Waals surface area contributed by atoms with Gasteiger partial charge in [0.15, 0.2) is 5.65 Å².